The zero-order chi connectivity index (χ0) is 8.97. The highest BCUT2D eigenvalue weighted by Crippen LogP contribution is 2.05. The first kappa shape index (κ1) is 8.76. The van der Waals surface area contributed by atoms with E-state index in [0.29, 0.717) is 5.56 Å². The average molecular weight is 160 g/mol. The summed E-state index contributed by atoms with van der Waals surface area (Å²) in [4.78, 5) is 0. The van der Waals surface area contributed by atoms with Crippen LogP contribution in [0.25, 0.3) is 0 Å². The van der Waals surface area contributed by atoms with E-state index in [1.807, 2.05) is 25.1 Å². The topological polar surface area (TPSA) is 49.8 Å². The molecule has 0 fully saturated rings. The number of nitrogens with zero attached hydrogens (tertiary/aromatic N) is 1. The van der Waals surface area contributed by atoms with Gasteiger partial charge in [-0.3, -0.25) is 0 Å². The van der Waals surface area contributed by atoms with E-state index in [9.17, 15) is 0 Å². The van der Waals surface area contributed by atoms with Gasteiger partial charge in [-0.1, -0.05) is 12.1 Å². The minimum Gasteiger partial charge on any atom is -0.328 e. The largest absolute Gasteiger partial charge is 0.328 e. The molecule has 0 saturated carbocycles. The maximum atomic E-state index is 8.61. The standard InChI is InChI=1S/C10H12N2/c1-8(12)5-9-3-2-4-10(6-9)7-11/h2-4,6,8H,5,12H2,1H3/t8-/m0/s1. The molecule has 1 rings (SSSR count). The number of hydrogen-bond donors (Lipinski definition) is 1. The first-order valence-electron chi connectivity index (χ1n) is 3.97. The molecule has 0 heterocycles. The SMILES string of the molecule is C[C@H](N)Cc1cccc(C#N)c1. The lowest BCUT2D eigenvalue weighted by molar-refractivity contribution is 0.738. The number of rotatable bonds is 2. The normalized spacial score (nSPS) is 12.1. The van der Waals surface area contributed by atoms with Gasteiger partial charge in [-0.05, 0) is 31.0 Å². The van der Waals surface area contributed by atoms with Crippen molar-refractivity contribution in [1.82, 2.24) is 0 Å². The molecule has 0 aromatic heterocycles. The fourth-order valence-electron chi connectivity index (χ4n) is 1.14. The van der Waals surface area contributed by atoms with Crippen LogP contribution in [0.15, 0.2) is 24.3 Å². The summed E-state index contributed by atoms with van der Waals surface area (Å²) in [6.07, 6.45) is 0.829. The van der Waals surface area contributed by atoms with E-state index in [1.165, 1.54) is 0 Å². The van der Waals surface area contributed by atoms with E-state index in [1.54, 1.807) is 6.07 Å². The molecule has 12 heavy (non-hydrogen) atoms. The highest BCUT2D eigenvalue weighted by Gasteiger charge is 1.98. The van der Waals surface area contributed by atoms with E-state index < -0.39 is 0 Å². The molecule has 0 aliphatic heterocycles. The van der Waals surface area contributed by atoms with Crippen molar-refractivity contribution in [2.45, 2.75) is 19.4 Å². The van der Waals surface area contributed by atoms with Gasteiger partial charge in [-0.25, -0.2) is 0 Å². The van der Waals surface area contributed by atoms with Gasteiger partial charge in [0.25, 0.3) is 0 Å². The van der Waals surface area contributed by atoms with Crippen LogP contribution in [0.3, 0.4) is 0 Å². The summed E-state index contributed by atoms with van der Waals surface area (Å²) in [7, 11) is 0. The van der Waals surface area contributed by atoms with Crippen molar-refractivity contribution < 1.29 is 0 Å². The van der Waals surface area contributed by atoms with Gasteiger partial charge in [0, 0.05) is 6.04 Å². The van der Waals surface area contributed by atoms with Gasteiger partial charge in [-0.15, -0.1) is 0 Å². The number of hydrogen-bond acceptors (Lipinski definition) is 2. The van der Waals surface area contributed by atoms with Crippen LogP contribution in [0.5, 0.6) is 0 Å². The van der Waals surface area contributed by atoms with Gasteiger partial charge in [0.15, 0.2) is 0 Å². The third-order valence-corrected chi connectivity index (χ3v) is 1.61. The molecule has 1 aromatic carbocycles. The number of nitrogens with two attached hydrogens (primary N) is 1. The van der Waals surface area contributed by atoms with Crippen molar-refractivity contribution in [1.29, 1.82) is 5.26 Å². The summed E-state index contributed by atoms with van der Waals surface area (Å²) in [5, 5.41) is 8.61. The lowest BCUT2D eigenvalue weighted by Crippen LogP contribution is -2.17. The van der Waals surface area contributed by atoms with Gasteiger partial charge in [0.05, 0.1) is 11.6 Å². The summed E-state index contributed by atoms with van der Waals surface area (Å²) < 4.78 is 0. The molecule has 0 saturated heterocycles. The molecular formula is C10H12N2. The second kappa shape index (κ2) is 3.89. The number of benzene rings is 1. The monoisotopic (exact) mass is 160 g/mol. The Morgan fingerprint density at radius 1 is 1.58 bits per heavy atom. The van der Waals surface area contributed by atoms with Crippen LogP contribution in [-0.2, 0) is 6.42 Å². The lowest BCUT2D eigenvalue weighted by atomic mass is 10.1. The molecule has 0 unspecified atom stereocenters. The van der Waals surface area contributed by atoms with E-state index in [4.69, 9.17) is 11.0 Å². The van der Waals surface area contributed by atoms with Crippen LogP contribution in [-0.4, -0.2) is 6.04 Å². The second-order valence-corrected chi connectivity index (χ2v) is 2.99. The Hall–Kier alpha value is -1.33. The molecule has 0 radical (unpaired) electrons. The smallest absolute Gasteiger partial charge is 0.0991 e. The first-order valence-corrected chi connectivity index (χ1v) is 3.97. The summed E-state index contributed by atoms with van der Waals surface area (Å²) >= 11 is 0. The molecule has 2 heteroatoms. The zero-order valence-corrected chi connectivity index (χ0v) is 7.12. The van der Waals surface area contributed by atoms with Crippen molar-refractivity contribution in [2.75, 3.05) is 0 Å². The third-order valence-electron chi connectivity index (χ3n) is 1.61. The highest BCUT2D eigenvalue weighted by molar-refractivity contribution is 5.32. The Labute approximate surface area is 72.6 Å². The molecule has 0 amide bonds. The molecule has 0 spiro atoms. The average Bonchev–Trinajstić information content (AvgIpc) is 2.03. The Morgan fingerprint density at radius 2 is 2.33 bits per heavy atom. The minimum atomic E-state index is 0.152. The molecule has 0 aliphatic carbocycles. The van der Waals surface area contributed by atoms with Crippen LogP contribution in [0.1, 0.15) is 18.1 Å². The molecule has 0 bridgehead atoms. The van der Waals surface area contributed by atoms with Gasteiger partial charge >= 0.3 is 0 Å². The van der Waals surface area contributed by atoms with Crippen molar-refractivity contribution in [3.63, 3.8) is 0 Å². The fraction of sp³-hybridized carbons (Fsp3) is 0.300. The van der Waals surface area contributed by atoms with Crippen LogP contribution < -0.4 is 5.73 Å². The predicted molar refractivity (Wildman–Crippen MR) is 48.5 cm³/mol. The molecule has 0 aliphatic rings. The van der Waals surface area contributed by atoms with E-state index in [0.717, 1.165) is 12.0 Å². The van der Waals surface area contributed by atoms with Crippen molar-refractivity contribution in [3.8, 4) is 6.07 Å². The maximum Gasteiger partial charge on any atom is 0.0991 e. The van der Waals surface area contributed by atoms with Crippen LogP contribution in [0.2, 0.25) is 0 Å². The van der Waals surface area contributed by atoms with Crippen LogP contribution in [0.4, 0.5) is 0 Å². The van der Waals surface area contributed by atoms with Gasteiger partial charge in [-0.2, -0.15) is 5.26 Å². The molecular weight excluding hydrogens is 148 g/mol. The van der Waals surface area contributed by atoms with Crippen molar-refractivity contribution >= 4 is 0 Å². The Bertz CT molecular complexity index is 297. The maximum absolute atomic E-state index is 8.61. The van der Waals surface area contributed by atoms with Crippen molar-refractivity contribution in [2.24, 2.45) is 5.73 Å². The minimum absolute atomic E-state index is 0.152. The molecule has 1 atom stereocenters. The zero-order valence-electron chi connectivity index (χ0n) is 7.12. The first-order chi connectivity index (χ1) is 5.72. The molecule has 1 aromatic rings. The Kier molecular flexibility index (Phi) is 2.84. The summed E-state index contributed by atoms with van der Waals surface area (Å²) in [5.41, 5.74) is 7.46. The van der Waals surface area contributed by atoms with Gasteiger partial charge in [0.2, 0.25) is 0 Å². The summed E-state index contributed by atoms with van der Waals surface area (Å²) in [5.74, 6) is 0. The number of nitriles is 1. The summed E-state index contributed by atoms with van der Waals surface area (Å²) in [6.45, 7) is 1.96. The van der Waals surface area contributed by atoms with E-state index in [-0.39, 0.29) is 6.04 Å². The Balaban J connectivity index is 2.81. The highest BCUT2D eigenvalue weighted by atomic mass is 14.6. The van der Waals surface area contributed by atoms with Gasteiger partial charge in [0.1, 0.15) is 0 Å². The predicted octanol–water partition coefficient (Wildman–Crippen LogP) is 1.45. The third kappa shape index (κ3) is 2.37. The van der Waals surface area contributed by atoms with E-state index >= 15 is 0 Å². The van der Waals surface area contributed by atoms with Crippen LogP contribution >= 0.6 is 0 Å². The molecule has 2 N–H and O–H groups in total. The van der Waals surface area contributed by atoms with Crippen molar-refractivity contribution in [3.05, 3.63) is 35.4 Å². The lowest BCUT2D eigenvalue weighted by Gasteiger charge is -2.04. The molecule has 2 nitrogen and oxygen atoms in total. The fourth-order valence-corrected chi connectivity index (χ4v) is 1.14. The van der Waals surface area contributed by atoms with E-state index in [2.05, 4.69) is 6.07 Å². The summed E-state index contributed by atoms with van der Waals surface area (Å²) in [6, 6.07) is 9.80. The molecule has 62 valence electrons. The second-order valence-electron chi connectivity index (χ2n) is 2.99. The van der Waals surface area contributed by atoms with Crippen LogP contribution in [0, 0.1) is 11.3 Å². The quantitative estimate of drug-likeness (QED) is 0.711. The van der Waals surface area contributed by atoms with Gasteiger partial charge < -0.3 is 5.73 Å². The Morgan fingerprint density at radius 3 is 2.92 bits per heavy atom.